The van der Waals surface area contributed by atoms with E-state index in [0.717, 1.165) is 29.8 Å². The molecule has 1 aliphatic rings. The molecular formula is C16H18N2O3. The van der Waals surface area contributed by atoms with E-state index in [1.54, 1.807) is 24.9 Å². The molecule has 1 aliphatic carbocycles. The third kappa shape index (κ3) is 2.35. The largest absolute Gasteiger partial charge is 0.497 e. The number of ether oxygens (including phenoxy) is 2. The van der Waals surface area contributed by atoms with E-state index in [4.69, 9.17) is 15.2 Å². The zero-order valence-corrected chi connectivity index (χ0v) is 12.1. The summed E-state index contributed by atoms with van der Waals surface area (Å²) < 4.78 is 12.5. The van der Waals surface area contributed by atoms with E-state index >= 15 is 0 Å². The average molecular weight is 286 g/mol. The van der Waals surface area contributed by atoms with Crippen molar-refractivity contribution in [2.24, 2.45) is 0 Å². The maximum atomic E-state index is 12.4. The molecule has 1 saturated carbocycles. The lowest BCUT2D eigenvalue weighted by molar-refractivity contribution is 0.404. The maximum absolute atomic E-state index is 12.4. The molecule has 0 atom stereocenters. The molecule has 5 heteroatoms. The van der Waals surface area contributed by atoms with Gasteiger partial charge in [0.15, 0.2) is 0 Å². The van der Waals surface area contributed by atoms with Crippen molar-refractivity contribution in [2.75, 3.05) is 20.0 Å². The summed E-state index contributed by atoms with van der Waals surface area (Å²) >= 11 is 0. The first-order valence-electron chi connectivity index (χ1n) is 6.89. The molecule has 0 radical (unpaired) electrons. The predicted octanol–water partition coefficient (Wildman–Crippen LogP) is 2.45. The van der Waals surface area contributed by atoms with Crippen molar-refractivity contribution in [1.82, 2.24) is 4.57 Å². The lowest BCUT2D eigenvalue weighted by Crippen LogP contribution is -2.23. The smallest absolute Gasteiger partial charge is 0.274 e. The van der Waals surface area contributed by atoms with Gasteiger partial charge in [-0.25, -0.2) is 0 Å². The summed E-state index contributed by atoms with van der Waals surface area (Å²) in [4.78, 5) is 12.4. The summed E-state index contributed by atoms with van der Waals surface area (Å²) in [6.07, 6.45) is 2.01. The fourth-order valence-electron chi connectivity index (χ4n) is 2.50. The molecule has 1 heterocycles. The van der Waals surface area contributed by atoms with E-state index in [9.17, 15) is 4.79 Å². The second-order valence-corrected chi connectivity index (χ2v) is 5.15. The summed E-state index contributed by atoms with van der Waals surface area (Å²) in [5.41, 5.74) is 7.55. The van der Waals surface area contributed by atoms with Crippen LogP contribution in [0, 0.1) is 0 Å². The Kier molecular flexibility index (Phi) is 3.33. The number of rotatable bonds is 4. The Balaban J connectivity index is 2.25. The quantitative estimate of drug-likeness (QED) is 0.937. The molecular weight excluding hydrogens is 268 g/mol. The molecule has 0 unspecified atom stereocenters. The van der Waals surface area contributed by atoms with E-state index in [0.29, 0.717) is 5.75 Å². The minimum atomic E-state index is -0.139. The van der Waals surface area contributed by atoms with Crippen molar-refractivity contribution in [1.29, 1.82) is 0 Å². The number of nitrogen functional groups attached to an aromatic ring is 1. The first kappa shape index (κ1) is 13.5. The van der Waals surface area contributed by atoms with Crippen molar-refractivity contribution >= 4 is 5.69 Å². The van der Waals surface area contributed by atoms with Gasteiger partial charge in [-0.05, 0) is 43.2 Å². The first-order valence-corrected chi connectivity index (χ1v) is 6.89. The van der Waals surface area contributed by atoms with Crippen LogP contribution in [0.1, 0.15) is 18.9 Å². The molecule has 0 saturated heterocycles. The number of nitrogens with zero attached hydrogens (tertiary/aromatic N) is 1. The van der Waals surface area contributed by atoms with Crippen LogP contribution in [0.2, 0.25) is 0 Å². The summed E-state index contributed by atoms with van der Waals surface area (Å²) in [5, 5.41) is 0. The number of nitrogens with two attached hydrogens (primary N) is 1. The lowest BCUT2D eigenvalue weighted by Gasteiger charge is -2.16. The Hall–Kier alpha value is -2.43. The van der Waals surface area contributed by atoms with Crippen LogP contribution in [-0.4, -0.2) is 18.8 Å². The van der Waals surface area contributed by atoms with Crippen LogP contribution < -0.4 is 20.8 Å². The fourth-order valence-corrected chi connectivity index (χ4v) is 2.50. The molecule has 0 amide bonds. The van der Waals surface area contributed by atoms with Crippen LogP contribution in [0.4, 0.5) is 5.69 Å². The highest BCUT2D eigenvalue weighted by atomic mass is 16.5. The van der Waals surface area contributed by atoms with Crippen LogP contribution in [-0.2, 0) is 0 Å². The molecule has 1 aromatic heterocycles. The van der Waals surface area contributed by atoms with Gasteiger partial charge < -0.3 is 19.8 Å². The van der Waals surface area contributed by atoms with Gasteiger partial charge in [-0.2, -0.15) is 0 Å². The van der Waals surface area contributed by atoms with Crippen molar-refractivity contribution < 1.29 is 9.47 Å². The highest BCUT2D eigenvalue weighted by Crippen LogP contribution is 2.40. The van der Waals surface area contributed by atoms with E-state index in [-0.39, 0.29) is 17.3 Å². The Morgan fingerprint density at radius 2 is 1.90 bits per heavy atom. The minimum absolute atomic E-state index is 0.139. The van der Waals surface area contributed by atoms with Gasteiger partial charge in [0.1, 0.15) is 11.5 Å². The predicted molar refractivity (Wildman–Crippen MR) is 81.9 cm³/mol. The van der Waals surface area contributed by atoms with Gasteiger partial charge in [0.25, 0.3) is 5.56 Å². The summed E-state index contributed by atoms with van der Waals surface area (Å²) in [5.74, 6) is 1.42. The Morgan fingerprint density at radius 3 is 2.52 bits per heavy atom. The number of hydrogen-bond acceptors (Lipinski definition) is 4. The zero-order chi connectivity index (χ0) is 15.0. The van der Waals surface area contributed by atoms with Crippen molar-refractivity contribution in [3.8, 4) is 22.8 Å². The molecule has 21 heavy (non-hydrogen) atoms. The second-order valence-electron chi connectivity index (χ2n) is 5.15. The molecule has 110 valence electrons. The van der Waals surface area contributed by atoms with Crippen molar-refractivity contribution in [2.45, 2.75) is 18.9 Å². The van der Waals surface area contributed by atoms with E-state index < -0.39 is 0 Å². The van der Waals surface area contributed by atoms with Crippen LogP contribution in [0.15, 0.2) is 35.1 Å². The molecule has 0 aliphatic heterocycles. The van der Waals surface area contributed by atoms with Crippen LogP contribution >= 0.6 is 0 Å². The van der Waals surface area contributed by atoms with Crippen LogP contribution in [0.5, 0.6) is 11.5 Å². The standard InChI is InChI=1S/C16H18N2O3/c1-20-11-5-8-15(21-2)12(9-11)14-7-6-13(17)16(19)18(14)10-3-4-10/h5-10H,3-4,17H2,1-2H3. The summed E-state index contributed by atoms with van der Waals surface area (Å²) in [7, 11) is 3.23. The molecule has 0 spiro atoms. The number of benzene rings is 1. The topological polar surface area (TPSA) is 66.5 Å². The molecule has 1 fully saturated rings. The monoisotopic (exact) mass is 286 g/mol. The van der Waals surface area contributed by atoms with Gasteiger partial charge in [-0.15, -0.1) is 0 Å². The van der Waals surface area contributed by atoms with Gasteiger partial charge in [-0.1, -0.05) is 0 Å². The number of aromatic nitrogens is 1. The van der Waals surface area contributed by atoms with Gasteiger partial charge in [0, 0.05) is 11.6 Å². The average Bonchev–Trinajstić information content (AvgIpc) is 3.33. The number of hydrogen-bond donors (Lipinski definition) is 1. The molecule has 5 nitrogen and oxygen atoms in total. The highest BCUT2D eigenvalue weighted by molar-refractivity contribution is 5.70. The third-order valence-corrected chi connectivity index (χ3v) is 3.74. The summed E-state index contributed by atoms with van der Waals surface area (Å²) in [6.45, 7) is 0. The summed E-state index contributed by atoms with van der Waals surface area (Å²) in [6, 6.07) is 9.29. The van der Waals surface area contributed by atoms with E-state index in [2.05, 4.69) is 0 Å². The van der Waals surface area contributed by atoms with Crippen LogP contribution in [0.3, 0.4) is 0 Å². The Bertz CT molecular complexity index is 733. The van der Waals surface area contributed by atoms with Crippen LogP contribution in [0.25, 0.3) is 11.3 Å². The number of anilines is 1. The van der Waals surface area contributed by atoms with E-state index in [1.165, 1.54) is 0 Å². The number of methoxy groups -OCH3 is 2. The molecule has 2 aromatic rings. The van der Waals surface area contributed by atoms with Crippen molar-refractivity contribution in [3.63, 3.8) is 0 Å². The fraction of sp³-hybridized carbons (Fsp3) is 0.312. The van der Waals surface area contributed by atoms with Gasteiger partial charge in [0.05, 0.1) is 25.6 Å². The Labute approximate surface area is 122 Å². The SMILES string of the molecule is COc1ccc(OC)c(-c2ccc(N)c(=O)n2C2CC2)c1. The van der Waals surface area contributed by atoms with Gasteiger partial charge in [-0.3, -0.25) is 4.79 Å². The molecule has 1 aromatic carbocycles. The minimum Gasteiger partial charge on any atom is -0.497 e. The lowest BCUT2D eigenvalue weighted by atomic mass is 10.1. The zero-order valence-electron chi connectivity index (χ0n) is 12.1. The molecule has 3 rings (SSSR count). The molecule has 0 bridgehead atoms. The number of pyridine rings is 1. The van der Waals surface area contributed by atoms with Gasteiger partial charge in [0.2, 0.25) is 0 Å². The highest BCUT2D eigenvalue weighted by Gasteiger charge is 2.28. The molecule has 2 N–H and O–H groups in total. The third-order valence-electron chi connectivity index (χ3n) is 3.74. The van der Waals surface area contributed by atoms with Crippen molar-refractivity contribution in [3.05, 3.63) is 40.7 Å². The normalized spacial score (nSPS) is 14.0. The second kappa shape index (κ2) is 5.16. The maximum Gasteiger partial charge on any atom is 0.274 e. The Morgan fingerprint density at radius 1 is 1.14 bits per heavy atom. The first-order chi connectivity index (χ1) is 10.2. The van der Waals surface area contributed by atoms with E-state index in [1.807, 2.05) is 24.3 Å². The van der Waals surface area contributed by atoms with Gasteiger partial charge >= 0.3 is 0 Å².